The summed E-state index contributed by atoms with van der Waals surface area (Å²) in [6.07, 6.45) is 1.96. The minimum absolute atomic E-state index is 0.117. The van der Waals surface area contributed by atoms with E-state index in [1.807, 2.05) is 24.3 Å². The van der Waals surface area contributed by atoms with Crippen molar-refractivity contribution in [3.63, 3.8) is 0 Å². The predicted octanol–water partition coefficient (Wildman–Crippen LogP) is 1.18. The third kappa shape index (κ3) is 2.58. The monoisotopic (exact) mass is 233 g/mol. The second-order valence-corrected chi connectivity index (χ2v) is 4.54. The second kappa shape index (κ2) is 5.19. The van der Waals surface area contributed by atoms with E-state index in [9.17, 15) is 0 Å². The third-order valence-corrected chi connectivity index (χ3v) is 3.36. The SMILES string of the molecule is N=C(N)c1ccccc1N1CCC(CCO)C1. The Balaban J connectivity index is 2.16. The number of nitrogens with two attached hydrogens (primary N) is 1. The minimum atomic E-state index is 0.117. The number of hydrogen-bond donors (Lipinski definition) is 3. The molecule has 92 valence electrons. The van der Waals surface area contributed by atoms with Crippen molar-refractivity contribution in [1.82, 2.24) is 0 Å². The van der Waals surface area contributed by atoms with Crippen LogP contribution in [0.4, 0.5) is 5.69 Å². The summed E-state index contributed by atoms with van der Waals surface area (Å²) in [5, 5.41) is 16.5. The van der Waals surface area contributed by atoms with Crippen molar-refractivity contribution >= 4 is 11.5 Å². The molecule has 1 atom stereocenters. The summed E-state index contributed by atoms with van der Waals surface area (Å²) >= 11 is 0. The van der Waals surface area contributed by atoms with Gasteiger partial charge in [-0.1, -0.05) is 12.1 Å². The fourth-order valence-corrected chi connectivity index (χ4v) is 2.45. The number of anilines is 1. The van der Waals surface area contributed by atoms with Gasteiger partial charge in [0, 0.05) is 30.9 Å². The van der Waals surface area contributed by atoms with Crippen LogP contribution < -0.4 is 10.6 Å². The molecule has 1 aliphatic heterocycles. The Morgan fingerprint density at radius 3 is 2.94 bits per heavy atom. The number of benzene rings is 1. The largest absolute Gasteiger partial charge is 0.396 e. The highest BCUT2D eigenvalue weighted by molar-refractivity contribution is 6.00. The molecule has 1 saturated heterocycles. The summed E-state index contributed by atoms with van der Waals surface area (Å²) in [5.41, 5.74) is 7.44. The molecule has 0 amide bonds. The van der Waals surface area contributed by atoms with Crippen LogP contribution in [-0.4, -0.2) is 30.6 Å². The average Bonchev–Trinajstić information content (AvgIpc) is 2.78. The number of rotatable bonds is 4. The van der Waals surface area contributed by atoms with Crippen molar-refractivity contribution in [1.29, 1.82) is 5.41 Å². The van der Waals surface area contributed by atoms with Crippen LogP contribution in [0.2, 0.25) is 0 Å². The summed E-state index contributed by atoms with van der Waals surface area (Å²) in [5.74, 6) is 0.672. The van der Waals surface area contributed by atoms with Crippen molar-refractivity contribution in [2.75, 3.05) is 24.6 Å². The Bertz CT molecular complexity index is 405. The molecule has 0 bridgehead atoms. The molecule has 1 aromatic rings. The number of nitrogens with one attached hydrogen (secondary N) is 1. The van der Waals surface area contributed by atoms with E-state index in [0.29, 0.717) is 5.92 Å². The number of hydrogen-bond acceptors (Lipinski definition) is 3. The number of aliphatic hydroxyl groups excluding tert-OH is 1. The van der Waals surface area contributed by atoms with E-state index in [4.69, 9.17) is 16.2 Å². The molecule has 1 unspecified atom stereocenters. The average molecular weight is 233 g/mol. The zero-order valence-electron chi connectivity index (χ0n) is 9.89. The van der Waals surface area contributed by atoms with Gasteiger partial charge in [0.2, 0.25) is 0 Å². The lowest BCUT2D eigenvalue weighted by Crippen LogP contribution is -2.24. The van der Waals surface area contributed by atoms with Gasteiger partial charge in [-0.05, 0) is 30.9 Å². The van der Waals surface area contributed by atoms with Gasteiger partial charge in [0.05, 0.1) is 0 Å². The van der Waals surface area contributed by atoms with Crippen molar-refractivity contribution in [2.45, 2.75) is 12.8 Å². The normalized spacial score (nSPS) is 19.6. The Hall–Kier alpha value is -1.55. The van der Waals surface area contributed by atoms with Crippen molar-refractivity contribution in [2.24, 2.45) is 11.7 Å². The molecule has 0 spiro atoms. The first-order valence-corrected chi connectivity index (χ1v) is 6.01. The van der Waals surface area contributed by atoms with Gasteiger partial charge < -0.3 is 15.7 Å². The molecular weight excluding hydrogens is 214 g/mol. The van der Waals surface area contributed by atoms with Gasteiger partial charge in [-0.3, -0.25) is 5.41 Å². The maximum atomic E-state index is 8.95. The van der Waals surface area contributed by atoms with Gasteiger partial charge in [0.15, 0.2) is 0 Å². The van der Waals surface area contributed by atoms with Crippen LogP contribution in [0.5, 0.6) is 0 Å². The number of nitrogen functional groups attached to an aromatic ring is 1. The van der Waals surface area contributed by atoms with Crippen LogP contribution in [-0.2, 0) is 0 Å². The van der Waals surface area contributed by atoms with Gasteiger partial charge in [-0.2, -0.15) is 0 Å². The highest BCUT2D eigenvalue weighted by Gasteiger charge is 2.23. The van der Waals surface area contributed by atoms with Crippen LogP contribution in [0.25, 0.3) is 0 Å². The molecule has 17 heavy (non-hydrogen) atoms. The van der Waals surface area contributed by atoms with Crippen molar-refractivity contribution in [3.8, 4) is 0 Å². The summed E-state index contributed by atoms with van der Waals surface area (Å²) in [6, 6.07) is 7.78. The van der Waals surface area contributed by atoms with Gasteiger partial charge in [-0.25, -0.2) is 0 Å². The molecule has 1 fully saturated rings. The summed E-state index contributed by atoms with van der Waals surface area (Å²) in [7, 11) is 0. The summed E-state index contributed by atoms with van der Waals surface area (Å²) in [4.78, 5) is 2.26. The van der Waals surface area contributed by atoms with Gasteiger partial charge in [0.1, 0.15) is 5.84 Å². The third-order valence-electron chi connectivity index (χ3n) is 3.36. The Morgan fingerprint density at radius 1 is 1.47 bits per heavy atom. The topological polar surface area (TPSA) is 73.3 Å². The Morgan fingerprint density at radius 2 is 2.24 bits per heavy atom. The molecule has 4 nitrogen and oxygen atoms in total. The van der Waals surface area contributed by atoms with Crippen LogP contribution in [0.15, 0.2) is 24.3 Å². The molecule has 2 rings (SSSR count). The van der Waals surface area contributed by atoms with Crippen LogP contribution in [0.3, 0.4) is 0 Å². The Labute approximate surface area is 102 Å². The highest BCUT2D eigenvalue weighted by Crippen LogP contribution is 2.28. The molecule has 0 aromatic heterocycles. The second-order valence-electron chi connectivity index (χ2n) is 4.54. The van der Waals surface area contributed by atoms with Gasteiger partial charge in [-0.15, -0.1) is 0 Å². The molecule has 1 aliphatic rings. The van der Waals surface area contributed by atoms with Crippen molar-refractivity contribution < 1.29 is 5.11 Å². The minimum Gasteiger partial charge on any atom is -0.396 e. The maximum absolute atomic E-state index is 8.95. The fraction of sp³-hybridized carbons (Fsp3) is 0.462. The molecule has 1 aromatic carbocycles. The number of nitrogens with zero attached hydrogens (tertiary/aromatic N) is 1. The lowest BCUT2D eigenvalue weighted by molar-refractivity contribution is 0.263. The number of amidine groups is 1. The zero-order chi connectivity index (χ0) is 12.3. The fourth-order valence-electron chi connectivity index (χ4n) is 2.45. The first kappa shape index (κ1) is 11.9. The Kier molecular flexibility index (Phi) is 3.64. The summed E-state index contributed by atoms with van der Waals surface area (Å²) < 4.78 is 0. The molecule has 0 saturated carbocycles. The van der Waals surface area contributed by atoms with Crippen LogP contribution >= 0.6 is 0 Å². The van der Waals surface area contributed by atoms with E-state index < -0.39 is 0 Å². The molecule has 0 aliphatic carbocycles. The van der Waals surface area contributed by atoms with E-state index in [-0.39, 0.29) is 12.4 Å². The van der Waals surface area contributed by atoms with Gasteiger partial charge in [0.25, 0.3) is 0 Å². The number of para-hydroxylation sites is 1. The number of aliphatic hydroxyl groups is 1. The van der Waals surface area contributed by atoms with E-state index >= 15 is 0 Å². The zero-order valence-corrected chi connectivity index (χ0v) is 9.89. The van der Waals surface area contributed by atoms with E-state index in [2.05, 4.69) is 4.90 Å². The van der Waals surface area contributed by atoms with Crippen LogP contribution in [0, 0.1) is 11.3 Å². The van der Waals surface area contributed by atoms with Crippen LogP contribution in [0.1, 0.15) is 18.4 Å². The maximum Gasteiger partial charge on any atom is 0.124 e. The predicted molar refractivity (Wildman–Crippen MR) is 69.5 cm³/mol. The smallest absolute Gasteiger partial charge is 0.124 e. The first-order valence-electron chi connectivity index (χ1n) is 6.01. The molecular formula is C13H19N3O. The lowest BCUT2D eigenvalue weighted by Gasteiger charge is -2.21. The standard InChI is InChI=1S/C13H19N3O/c14-13(15)11-3-1-2-4-12(11)16-7-5-10(9-16)6-8-17/h1-4,10,17H,5-9H2,(H3,14,15). The lowest BCUT2D eigenvalue weighted by atomic mass is 10.1. The first-order chi connectivity index (χ1) is 8.22. The molecule has 1 heterocycles. The molecule has 0 radical (unpaired) electrons. The quantitative estimate of drug-likeness (QED) is 0.540. The molecule has 4 N–H and O–H groups in total. The van der Waals surface area contributed by atoms with Gasteiger partial charge >= 0.3 is 0 Å². The molecule has 4 heteroatoms. The summed E-state index contributed by atoms with van der Waals surface area (Å²) in [6.45, 7) is 2.19. The highest BCUT2D eigenvalue weighted by atomic mass is 16.3. The van der Waals surface area contributed by atoms with E-state index in [0.717, 1.165) is 37.2 Å². The van der Waals surface area contributed by atoms with Crippen molar-refractivity contribution in [3.05, 3.63) is 29.8 Å². The van der Waals surface area contributed by atoms with E-state index in [1.165, 1.54) is 0 Å². The van der Waals surface area contributed by atoms with E-state index in [1.54, 1.807) is 0 Å².